The number of hydrazine groups is 1. The van der Waals surface area contributed by atoms with Crippen LogP contribution in [0, 0.1) is 38.4 Å². The van der Waals surface area contributed by atoms with Crippen LogP contribution >= 0.6 is 65.4 Å². The number of nitrogens with one attached hydrogen (secondary N) is 1. The molecule has 5 saturated heterocycles. The number of carbonyl (C=O) groups excluding carboxylic acids is 7. The molecule has 0 bridgehead atoms. The van der Waals surface area contributed by atoms with Crippen LogP contribution in [0.25, 0.3) is 0 Å². The van der Waals surface area contributed by atoms with E-state index in [1.165, 1.54) is 0 Å². The molecule has 4 N–H and O–H groups in total. The summed E-state index contributed by atoms with van der Waals surface area (Å²) in [6.45, 7) is 55.0. The number of carbonyl (C=O) groups is 8. The molecule has 5 heterocycles. The van der Waals surface area contributed by atoms with Gasteiger partial charge in [0.25, 0.3) is 0 Å². The van der Waals surface area contributed by atoms with Gasteiger partial charge in [-0.05, 0) is 209 Å². The highest BCUT2D eigenvalue weighted by Crippen LogP contribution is 2.28. The molecule has 0 aliphatic carbocycles. The molecule has 0 radical (unpaired) electrons. The number of esters is 5. The Morgan fingerprint density at radius 2 is 0.836 bits per heavy atom. The van der Waals surface area contributed by atoms with Gasteiger partial charge in [-0.25, -0.2) is 5.43 Å². The van der Waals surface area contributed by atoms with Crippen LogP contribution in [-0.2, 0) is 92.1 Å². The number of hydrogen-bond donors (Lipinski definition) is 7. The summed E-state index contributed by atoms with van der Waals surface area (Å²) in [4.78, 5) is 103. The number of rotatable bonds is 41. The Morgan fingerprint density at radius 3 is 1.10 bits per heavy atom. The number of morpholine rings is 5. The quantitative estimate of drug-likeness (QED) is 0.00800. The summed E-state index contributed by atoms with van der Waals surface area (Å²) in [6, 6.07) is 8.78. The lowest BCUT2D eigenvalue weighted by Crippen LogP contribution is -2.48. The van der Waals surface area contributed by atoms with Crippen molar-refractivity contribution in [1.29, 1.82) is 0 Å². The third-order valence-corrected chi connectivity index (χ3v) is 21.0. The van der Waals surface area contributed by atoms with Crippen molar-refractivity contribution in [3.05, 3.63) is 35.9 Å². The van der Waals surface area contributed by atoms with Gasteiger partial charge in [0.1, 0.15) is 6.61 Å². The van der Waals surface area contributed by atoms with Crippen LogP contribution in [0.4, 0.5) is 0 Å². The van der Waals surface area contributed by atoms with Crippen LogP contribution in [0.15, 0.2) is 30.3 Å². The number of aliphatic hydroxyl groups is 1. The highest BCUT2D eigenvalue weighted by Gasteiger charge is 2.35. The van der Waals surface area contributed by atoms with Crippen molar-refractivity contribution >= 4 is 112 Å². The number of alkyl halides is 1. The Kier molecular flexibility index (Phi) is 62.1. The molecule has 678 valence electrons. The lowest BCUT2D eigenvalue weighted by atomic mass is 9.89. The van der Waals surface area contributed by atoms with E-state index in [9.17, 15) is 38.4 Å². The van der Waals surface area contributed by atoms with E-state index in [2.05, 4.69) is 93.7 Å². The summed E-state index contributed by atoms with van der Waals surface area (Å²) in [6.07, 6.45) is 5.93. The fraction of sp³-hybridized carbons (Fsp3) is 0.831. The van der Waals surface area contributed by atoms with Crippen LogP contribution in [0.3, 0.4) is 0 Å². The number of ether oxygens (including phenoxy) is 10. The molecule has 28 nitrogen and oxygen atoms in total. The summed E-state index contributed by atoms with van der Waals surface area (Å²) in [7, 11) is 0. The smallest absolute Gasteiger partial charge is 0.311 e. The molecule has 0 aromatic heterocycles. The lowest BCUT2D eigenvalue weighted by molar-refractivity contribution is -0.171. The van der Waals surface area contributed by atoms with Gasteiger partial charge in [0.05, 0.1) is 138 Å². The van der Waals surface area contributed by atoms with E-state index < -0.39 is 45.1 Å². The zero-order valence-corrected chi connectivity index (χ0v) is 78.4. The molecular formula is C83H153BrClN7O21S3. The van der Waals surface area contributed by atoms with Crippen molar-refractivity contribution in [3.63, 3.8) is 0 Å². The number of aliphatic hydroxyl groups excluding tert-OH is 1. The molecule has 33 heteroatoms. The maximum absolute atomic E-state index is 12.5. The fourth-order valence-electron chi connectivity index (χ4n) is 10.3. The molecule has 0 amide bonds. The van der Waals surface area contributed by atoms with Gasteiger partial charge in [0.15, 0.2) is 0 Å². The Hall–Kier alpha value is -3.36. The van der Waals surface area contributed by atoms with E-state index in [0.717, 1.165) is 206 Å². The SMILES string of the molecule is CC(C)(CCN1CCOCC1)C(=O)Cl.CC(C)(CCN1CCOCC1)C(=O)O.CCOC(=O)C(C)(C)CCBr.CCOC(=O)C(C)(C)CCN1CCOCC1.CCOC(=O)C(C)C.[3H]C(S)CCO.[3H]C(S)CCOC(=O)C(C)(C)CCN1CCOCC1.[3H]ON(CCOC(=O)C(C)(C)CCN1CCOCC1)NC(Cc1ccccc1)C(=O)S. The van der Waals surface area contributed by atoms with Gasteiger partial charge in [0, 0.05) is 85.5 Å². The maximum Gasteiger partial charge on any atom is 0.311 e. The Labute approximate surface area is 730 Å². The van der Waals surface area contributed by atoms with Gasteiger partial charge in [-0.3, -0.25) is 68.1 Å². The summed E-state index contributed by atoms with van der Waals surface area (Å²) >= 11 is 20.4. The maximum atomic E-state index is 12.5. The predicted octanol–water partition coefficient (Wildman–Crippen LogP) is 10.6. The summed E-state index contributed by atoms with van der Waals surface area (Å²) in [5, 5.41) is 22.8. The van der Waals surface area contributed by atoms with Crippen molar-refractivity contribution in [2.45, 2.75) is 182 Å². The minimum Gasteiger partial charge on any atom is -0.481 e. The van der Waals surface area contributed by atoms with Gasteiger partial charge < -0.3 is 57.6 Å². The molecule has 3 atom stereocenters. The van der Waals surface area contributed by atoms with Crippen LogP contribution in [-0.4, -0.2) is 325 Å². The largest absolute Gasteiger partial charge is 0.481 e. The van der Waals surface area contributed by atoms with Gasteiger partial charge in [-0.1, -0.05) is 74.0 Å². The van der Waals surface area contributed by atoms with Gasteiger partial charge in [-0.15, -0.1) is 17.8 Å². The number of aliphatic carboxylic acids is 1. The molecular weight excluding hydrogens is 1640 g/mol. The molecule has 5 aliphatic heterocycles. The van der Waals surface area contributed by atoms with E-state index in [1.807, 2.05) is 127 Å². The van der Waals surface area contributed by atoms with Gasteiger partial charge in [-0.2, -0.15) is 25.3 Å². The molecule has 0 spiro atoms. The number of thiol groups is 3. The average molecular weight is 1800 g/mol. The summed E-state index contributed by atoms with van der Waals surface area (Å²) < 4.78 is 72.8. The van der Waals surface area contributed by atoms with Crippen molar-refractivity contribution in [2.24, 2.45) is 38.4 Å². The third kappa shape index (κ3) is 57.1. The van der Waals surface area contributed by atoms with Crippen molar-refractivity contribution in [3.8, 4) is 0 Å². The zero-order valence-electron chi connectivity index (χ0n) is 76.3. The average Bonchev–Trinajstić information content (AvgIpc) is 0.897. The van der Waals surface area contributed by atoms with Crippen molar-refractivity contribution in [1.82, 2.24) is 35.1 Å². The zero-order chi connectivity index (χ0) is 90.7. The second-order valence-corrected chi connectivity index (χ2v) is 34.7. The van der Waals surface area contributed by atoms with Gasteiger partial charge in [0.2, 0.25) is 11.8 Å². The first-order valence-corrected chi connectivity index (χ1v) is 43.9. The molecule has 1 aromatic rings. The lowest BCUT2D eigenvalue weighted by Gasteiger charge is -2.30. The van der Waals surface area contributed by atoms with Crippen LogP contribution in [0.2, 0.25) is 1.43 Å². The van der Waals surface area contributed by atoms with E-state index >= 15 is 0 Å². The molecule has 5 fully saturated rings. The van der Waals surface area contributed by atoms with E-state index in [0.29, 0.717) is 51.9 Å². The Bertz CT molecular complexity index is 2820. The number of benzene rings is 1. The first kappa shape index (κ1) is 109. The van der Waals surface area contributed by atoms with Crippen LogP contribution in [0.5, 0.6) is 0 Å². The van der Waals surface area contributed by atoms with Gasteiger partial charge >= 0.3 is 35.8 Å². The number of halogens is 2. The topological polar surface area (TPSA) is 321 Å². The van der Waals surface area contributed by atoms with E-state index in [4.69, 9.17) is 68.6 Å². The van der Waals surface area contributed by atoms with E-state index in [-0.39, 0.29) is 83.3 Å². The number of hydrogen-bond acceptors (Lipinski definition) is 29. The first-order chi connectivity index (χ1) is 55.8. The number of hydroxylamine groups is 1. The van der Waals surface area contributed by atoms with Crippen molar-refractivity contribution < 1.29 is 105 Å². The predicted molar refractivity (Wildman–Crippen MR) is 469 cm³/mol. The third-order valence-electron chi connectivity index (χ3n) is 19.3. The van der Waals surface area contributed by atoms with Crippen molar-refractivity contribution in [2.75, 3.05) is 227 Å². The highest BCUT2D eigenvalue weighted by atomic mass is 79.9. The van der Waals surface area contributed by atoms with Crippen LogP contribution in [0.1, 0.15) is 177 Å². The van der Waals surface area contributed by atoms with Crippen LogP contribution < -0.4 is 5.43 Å². The molecule has 116 heavy (non-hydrogen) atoms. The molecule has 3 unspecified atom stereocenters. The normalized spacial score (nSPS) is 17.3. The Balaban J connectivity index is 0. The minimum atomic E-state index is -0.717. The molecule has 5 aliphatic rings. The second kappa shape index (κ2) is 66.2. The fourth-order valence-corrected chi connectivity index (χ4v) is 11.7. The minimum absolute atomic E-state index is 0.00921. The summed E-state index contributed by atoms with van der Waals surface area (Å²) in [5.74, 6) is -1.53. The molecule has 1 aromatic carbocycles. The molecule has 0 saturated carbocycles. The number of carboxylic acid groups (broad SMARTS) is 1. The first-order valence-electron chi connectivity index (χ1n) is 42.5. The standard InChI is InChI=1S/C21H33N3O5S.C13H25NO3S.C12H23NO3.C10H18ClNO2.C10H19NO3.C8H15BrO2.C6H12O2.C3H8OS/c1-21(2,8-9-23-10-13-28-14-11-23)20(26)29-15-12-24(27)22-18(19(25)30)16-17-6-4-3-5-7-17;1-13(2,12(15)17-8-3-11-18)4-5-14-6-9-16-10-7-14;1-4-16-11(14)12(2,3)5-6-13-7-9-15-10-8-13;1-10(2,9(11)13)3-4-12-5-7-14-8-6-12;1-10(2,9(12)13)3-4-11-5-7-14-8-6-11;1-4-11-7(10)8(2,3)5-6-9;1-4-8-6(7)5(2)3;4-2-1-3-5/h3-7,18,22,27H,8-16H2,1-2H3,(H,25,30);18H,3-11H2,1-2H3;4-10H2,1-3H3;3-8H2,1-2H3;3-8H2,1-2H3,(H,12,13);4-6H2,1-3H3;5H,4H2,1-3H3;4-5H,1-3H2/i27T;11T;;;;;;3T. The number of carboxylic acids is 1. The number of nitrogens with zero attached hydrogens (tertiary/aromatic N) is 6. The molecule has 6 rings (SSSR count). The summed E-state index contributed by atoms with van der Waals surface area (Å²) in [5.41, 5.74) is 0.0223. The Morgan fingerprint density at radius 1 is 0.517 bits per heavy atom. The van der Waals surface area contributed by atoms with E-state index in [1.54, 1.807) is 20.8 Å². The highest BCUT2D eigenvalue weighted by molar-refractivity contribution is 9.09. The monoisotopic (exact) mass is 1800 g/mol. The second-order valence-electron chi connectivity index (χ2n) is 32.4.